The molecule has 1 saturated carbocycles. The van der Waals surface area contributed by atoms with Crippen LogP contribution in [0.3, 0.4) is 0 Å². The van der Waals surface area contributed by atoms with Crippen molar-refractivity contribution in [3.63, 3.8) is 0 Å². The second-order valence-corrected chi connectivity index (χ2v) is 7.29. The summed E-state index contributed by atoms with van der Waals surface area (Å²) in [6.45, 7) is 6.51. The zero-order chi connectivity index (χ0) is 13.3. The molecule has 2 fully saturated rings. The molecular formula is C15H26N2OS. The van der Waals surface area contributed by atoms with Gasteiger partial charge in [-0.05, 0) is 43.4 Å². The highest BCUT2D eigenvalue weighted by Crippen LogP contribution is 2.39. The van der Waals surface area contributed by atoms with Crippen molar-refractivity contribution < 1.29 is 4.74 Å². The largest absolute Gasteiger partial charge is 0.376 e. The Labute approximate surface area is 121 Å². The molecule has 2 atom stereocenters. The van der Waals surface area contributed by atoms with Crippen molar-refractivity contribution in [2.24, 2.45) is 16.3 Å². The van der Waals surface area contributed by atoms with Gasteiger partial charge in [-0.1, -0.05) is 25.6 Å². The smallest absolute Gasteiger partial charge is 0.156 e. The van der Waals surface area contributed by atoms with E-state index in [1.165, 1.54) is 36.6 Å². The molecule has 4 heteroatoms. The number of thioether (sulfide) groups is 1. The van der Waals surface area contributed by atoms with Crippen LogP contribution in [-0.4, -0.2) is 36.2 Å². The Morgan fingerprint density at radius 2 is 2.11 bits per heavy atom. The third-order valence-electron chi connectivity index (χ3n) is 5.10. The molecule has 19 heavy (non-hydrogen) atoms. The summed E-state index contributed by atoms with van der Waals surface area (Å²) in [6.07, 6.45) is 6.80. The average Bonchev–Trinajstić information content (AvgIpc) is 3.20. The van der Waals surface area contributed by atoms with Gasteiger partial charge in [-0.2, -0.15) is 0 Å². The van der Waals surface area contributed by atoms with Crippen LogP contribution in [0.4, 0.5) is 0 Å². The second-order valence-electron chi connectivity index (χ2n) is 6.33. The van der Waals surface area contributed by atoms with E-state index in [1.54, 1.807) is 0 Å². The predicted molar refractivity (Wildman–Crippen MR) is 81.8 cm³/mol. The standard InChI is InChI=1S/C15H26N2OS/c1-3-15(4-2)9-16-14(19-10-15)17-12-7-8-18-13(12)11-5-6-11/h11-13H,3-10H2,1-2H3,(H,16,17). The molecule has 2 heterocycles. The van der Waals surface area contributed by atoms with Gasteiger partial charge in [0.05, 0.1) is 12.1 Å². The van der Waals surface area contributed by atoms with Gasteiger partial charge in [0.1, 0.15) is 0 Å². The number of nitrogens with zero attached hydrogens (tertiary/aromatic N) is 1. The Balaban J connectivity index is 1.57. The molecule has 0 spiro atoms. The summed E-state index contributed by atoms with van der Waals surface area (Å²) in [4.78, 5) is 4.82. The Bertz CT molecular complexity index is 350. The molecule has 0 aromatic rings. The van der Waals surface area contributed by atoms with Crippen LogP contribution in [-0.2, 0) is 4.74 Å². The van der Waals surface area contributed by atoms with Crippen LogP contribution in [0.15, 0.2) is 4.99 Å². The number of nitrogens with one attached hydrogen (secondary N) is 1. The highest BCUT2D eigenvalue weighted by molar-refractivity contribution is 8.13. The minimum atomic E-state index is 0.442. The van der Waals surface area contributed by atoms with Crippen molar-refractivity contribution in [3.05, 3.63) is 0 Å². The number of amidine groups is 1. The molecule has 3 aliphatic rings. The van der Waals surface area contributed by atoms with Gasteiger partial charge < -0.3 is 10.1 Å². The molecule has 0 amide bonds. The van der Waals surface area contributed by atoms with E-state index in [2.05, 4.69) is 19.2 Å². The van der Waals surface area contributed by atoms with E-state index < -0.39 is 0 Å². The molecule has 1 aliphatic carbocycles. The van der Waals surface area contributed by atoms with E-state index in [0.717, 1.165) is 25.5 Å². The Kier molecular flexibility index (Phi) is 4.08. The average molecular weight is 282 g/mol. The Morgan fingerprint density at radius 1 is 1.32 bits per heavy atom. The van der Waals surface area contributed by atoms with Crippen LogP contribution >= 0.6 is 11.8 Å². The van der Waals surface area contributed by atoms with Crippen LogP contribution in [0.5, 0.6) is 0 Å². The molecule has 0 aromatic heterocycles. The molecule has 2 unspecified atom stereocenters. The maximum absolute atomic E-state index is 5.89. The summed E-state index contributed by atoms with van der Waals surface area (Å²) in [5, 5.41) is 4.83. The number of ether oxygens (including phenoxy) is 1. The molecule has 0 radical (unpaired) electrons. The summed E-state index contributed by atoms with van der Waals surface area (Å²) in [5.41, 5.74) is 0.442. The van der Waals surface area contributed by atoms with Gasteiger partial charge >= 0.3 is 0 Å². The van der Waals surface area contributed by atoms with E-state index in [0.29, 0.717) is 17.6 Å². The fourth-order valence-corrected chi connectivity index (χ4v) is 4.46. The van der Waals surface area contributed by atoms with Crippen LogP contribution < -0.4 is 5.32 Å². The number of rotatable bonds is 4. The maximum atomic E-state index is 5.89. The molecule has 1 saturated heterocycles. The molecule has 3 nitrogen and oxygen atoms in total. The topological polar surface area (TPSA) is 33.6 Å². The zero-order valence-electron chi connectivity index (χ0n) is 12.2. The van der Waals surface area contributed by atoms with Gasteiger partial charge in [0.25, 0.3) is 0 Å². The predicted octanol–water partition coefficient (Wildman–Crippen LogP) is 3.05. The van der Waals surface area contributed by atoms with Crippen molar-refractivity contribution in [2.75, 3.05) is 18.9 Å². The highest BCUT2D eigenvalue weighted by atomic mass is 32.2. The van der Waals surface area contributed by atoms with Crippen molar-refractivity contribution in [3.8, 4) is 0 Å². The zero-order valence-corrected chi connectivity index (χ0v) is 13.0. The van der Waals surface area contributed by atoms with Gasteiger partial charge in [0, 0.05) is 18.9 Å². The molecule has 0 aromatic carbocycles. The lowest BCUT2D eigenvalue weighted by molar-refractivity contribution is 0.0844. The SMILES string of the molecule is CCC1(CC)CN=C(NC2CCOC2C2CC2)SC1. The van der Waals surface area contributed by atoms with Gasteiger partial charge in [-0.25, -0.2) is 0 Å². The Morgan fingerprint density at radius 3 is 2.68 bits per heavy atom. The lowest BCUT2D eigenvalue weighted by atomic mass is 9.84. The van der Waals surface area contributed by atoms with Crippen LogP contribution in [0.1, 0.15) is 46.0 Å². The minimum Gasteiger partial charge on any atom is -0.376 e. The van der Waals surface area contributed by atoms with E-state index in [-0.39, 0.29) is 0 Å². The first kappa shape index (κ1) is 13.7. The van der Waals surface area contributed by atoms with Gasteiger partial charge in [-0.15, -0.1) is 0 Å². The van der Waals surface area contributed by atoms with E-state index >= 15 is 0 Å². The fourth-order valence-electron chi connectivity index (χ4n) is 3.13. The molecular weight excluding hydrogens is 256 g/mol. The van der Waals surface area contributed by atoms with E-state index in [4.69, 9.17) is 9.73 Å². The van der Waals surface area contributed by atoms with E-state index in [9.17, 15) is 0 Å². The molecule has 108 valence electrons. The number of aliphatic imine (C=N–C) groups is 1. The molecule has 0 bridgehead atoms. The van der Waals surface area contributed by atoms with Crippen molar-refractivity contribution >= 4 is 16.9 Å². The monoisotopic (exact) mass is 282 g/mol. The summed E-state index contributed by atoms with van der Waals surface area (Å²) >= 11 is 1.92. The Hall–Kier alpha value is -0.220. The summed E-state index contributed by atoms with van der Waals surface area (Å²) in [5.74, 6) is 2.03. The first-order valence-corrected chi connectivity index (χ1v) is 8.80. The summed E-state index contributed by atoms with van der Waals surface area (Å²) < 4.78 is 5.89. The molecule has 3 rings (SSSR count). The van der Waals surface area contributed by atoms with Gasteiger partial charge in [0.15, 0.2) is 5.17 Å². The molecule has 1 N–H and O–H groups in total. The quantitative estimate of drug-likeness (QED) is 0.860. The van der Waals surface area contributed by atoms with Crippen LogP contribution in [0, 0.1) is 11.3 Å². The third kappa shape index (κ3) is 2.94. The maximum Gasteiger partial charge on any atom is 0.156 e. The number of hydrogen-bond donors (Lipinski definition) is 1. The number of hydrogen-bond acceptors (Lipinski definition) is 4. The fraction of sp³-hybridized carbons (Fsp3) is 0.933. The summed E-state index contributed by atoms with van der Waals surface area (Å²) in [6, 6.07) is 0.509. The first-order chi connectivity index (χ1) is 9.26. The van der Waals surface area contributed by atoms with Crippen LogP contribution in [0.25, 0.3) is 0 Å². The lowest BCUT2D eigenvalue weighted by Gasteiger charge is -2.34. The van der Waals surface area contributed by atoms with Crippen molar-refractivity contribution in [1.82, 2.24) is 5.32 Å². The van der Waals surface area contributed by atoms with Gasteiger partial charge in [-0.3, -0.25) is 4.99 Å². The van der Waals surface area contributed by atoms with Crippen molar-refractivity contribution in [2.45, 2.75) is 58.1 Å². The first-order valence-electron chi connectivity index (χ1n) is 7.82. The second kappa shape index (κ2) is 5.65. The summed E-state index contributed by atoms with van der Waals surface area (Å²) in [7, 11) is 0. The molecule has 2 aliphatic heterocycles. The van der Waals surface area contributed by atoms with Crippen molar-refractivity contribution in [1.29, 1.82) is 0 Å². The highest BCUT2D eigenvalue weighted by Gasteiger charge is 2.41. The normalized spacial score (nSPS) is 34.1. The third-order valence-corrected chi connectivity index (χ3v) is 6.38. The minimum absolute atomic E-state index is 0.442. The van der Waals surface area contributed by atoms with Gasteiger partial charge in [0.2, 0.25) is 0 Å². The van der Waals surface area contributed by atoms with Crippen LogP contribution in [0.2, 0.25) is 0 Å². The van der Waals surface area contributed by atoms with E-state index in [1.807, 2.05) is 11.8 Å². The lowest BCUT2D eigenvalue weighted by Crippen LogP contribution is -2.43.